The van der Waals surface area contributed by atoms with Gasteiger partial charge in [-0.15, -0.1) is 0 Å². The number of ether oxygens (including phenoxy) is 1. The van der Waals surface area contributed by atoms with Crippen molar-refractivity contribution in [1.29, 1.82) is 0 Å². The van der Waals surface area contributed by atoms with Crippen LogP contribution in [0, 0.1) is 0 Å². The monoisotopic (exact) mass is 218 g/mol. The topological polar surface area (TPSA) is 45.1 Å². The quantitative estimate of drug-likeness (QED) is 0.775. The van der Waals surface area contributed by atoms with E-state index in [4.69, 9.17) is 4.74 Å². The van der Waals surface area contributed by atoms with Crippen molar-refractivity contribution in [3.05, 3.63) is 29.8 Å². The van der Waals surface area contributed by atoms with E-state index in [-0.39, 0.29) is 6.10 Å². The first-order valence-corrected chi connectivity index (χ1v) is 5.46. The van der Waals surface area contributed by atoms with Crippen LogP contribution in [-0.2, 0) is 4.74 Å². The normalized spacial score (nSPS) is 27.4. The fraction of sp³-hybridized carbons (Fsp3) is 0.417. The number of fused-ring (bicyclic) bond motifs is 2. The Hall–Kier alpha value is -1.39. The molecule has 1 aromatic carbocycles. The summed E-state index contributed by atoms with van der Waals surface area (Å²) in [5.41, 5.74) is 1.73. The zero-order valence-corrected chi connectivity index (χ0v) is 9.13. The van der Waals surface area contributed by atoms with E-state index in [0.717, 1.165) is 30.1 Å². The van der Waals surface area contributed by atoms with Crippen LogP contribution in [-0.4, -0.2) is 35.6 Å². The maximum Gasteiger partial charge on any atom is 0.156 e. The summed E-state index contributed by atoms with van der Waals surface area (Å²) in [6, 6.07) is 7.70. The molecule has 2 aliphatic rings. The zero-order chi connectivity index (χ0) is 11.1. The molecular weight excluding hydrogens is 204 g/mol. The number of hydrogen-bond donors (Lipinski definition) is 1. The minimum absolute atomic E-state index is 0.0167. The molecule has 2 aliphatic heterocycles. The number of para-hydroxylation sites is 1. The molecule has 4 nitrogen and oxygen atoms in total. The lowest BCUT2D eigenvalue weighted by atomic mass is 10.1. The van der Waals surface area contributed by atoms with Crippen LogP contribution in [0.2, 0.25) is 0 Å². The van der Waals surface area contributed by atoms with Crippen molar-refractivity contribution in [2.45, 2.75) is 18.8 Å². The molecule has 1 aromatic rings. The highest BCUT2D eigenvalue weighted by Crippen LogP contribution is 2.36. The summed E-state index contributed by atoms with van der Waals surface area (Å²) in [7, 11) is 1.68. The Labute approximate surface area is 94.2 Å². The van der Waals surface area contributed by atoms with Gasteiger partial charge < -0.3 is 14.7 Å². The number of amidine groups is 1. The largest absolute Gasteiger partial charge is 0.373 e. The summed E-state index contributed by atoms with van der Waals surface area (Å²) in [6.45, 7) is 0.798. The molecule has 0 radical (unpaired) electrons. The third kappa shape index (κ3) is 1.27. The van der Waals surface area contributed by atoms with Gasteiger partial charge in [0, 0.05) is 19.2 Å². The molecule has 0 bridgehead atoms. The van der Waals surface area contributed by atoms with Gasteiger partial charge in [-0.3, -0.25) is 0 Å². The fourth-order valence-electron chi connectivity index (χ4n) is 2.39. The van der Waals surface area contributed by atoms with Crippen LogP contribution < -0.4 is 0 Å². The number of rotatable bonds is 1. The minimum Gasteiger partial charge on any atom is -0.373 e. The molecule has 2 atom stereocenters. The molecule has 0 aromatic heterocycles. The molecule has 4 heteroatoms. The lowest BCUT2D eigenvalue weighted by molar-refractivity contribution is 0.0571. The Morgan fingerprint density at radius 3 is 3.06 bits per heavy atom. The fourth-order valence-corrected chi connectivity index (χ4v) is 2.39. The second-order valence-corrected chi connectivity index (χ2v) is 4.11. The van der Waals surface area contributed by atoms with Gasteiger partial charge in [0.25, 0.3) is 0 Å². The van der Waals surface area contributed by atoms with Gasteiger partial charge >= 0.3 is 0 Å². The van der Waals surface area contributed by atoms with Crippen LogP contribution in [0.4, 0.5) is 5.69 Å². The first-order valence-electron chi connectivity index (χ1n) is 5.46. The number of aliphatic imine (C=N–C) groups is 1. The predicted molar refractivity (Wildman–Crippen MR) is 60.6 cm³/mol. The minimum atomic E-state index is -0.580. The van der Waals surface area contributed by atoms with E-state index in [1.165, 1.54) is 0 Å². The Balaban J connectivity index is 2.09. The second kappa shape index (κ2) is 3.57. The predicted octanol–water partition coefficient (Wildman–Crippen LogP) is 1.44. The summed E-state index contributed by atoms with van der Waals surface area (Å²) in [5.74, 6) is 0.855. The Bertz CT molecular complexity index is 444. The molecule has 16 heavy (non-hydrogen) atoms. The lowest BCUT2D eigenvalue weighted by Gasteiger charge is -2.31. The average molecular weight is 218 g/mol. The van der Waals surface area contributed by atoms with Crippen molar-refractivity contribution in [2.24, 2.45) is 4.99 Å². The van der Waals surface area contributed by atoms with E-state index in [9.17, 15) is 5.11 Å². The van der Waals surface area contributed by atoms with Crippen LogP contribution >= 0.6 is 0 Å². The van der Waals surface area contributed by atoms with Crippen LogP contribution in [0.15, 0.2) is 29.3 Å². The number of benzene rings is 1. The van der Waals surface area contributed by atoms with Crippen molar-refractivity contribution in [3.63, 3.8) is 0 Å². The summed E-state index contributed by atoms with van der Waals surface area (Å²) in [6.07, 6.45) is 0.326. The third-order valence-corrected chi connectivity index (χ3v) is 3.24. The maximum absolute atomic E-state index is 10.2. The van der Waals surface area contributed by atoms with Gasteiger partial charge in [0.1, 0.15) is 11.9 Å². The Kier molecular flexibility index (Phi) is 2.19. The summed E-state index contributed by atoms with van der Waals surface area (Å²) < 4.78 is 5.36. The number of hydrogen-bond acceptors (Lipinski definition) is 4. The zero-order valence-electron chi connectivity index (χ0n) is 9.13. The van der Waals surface area contributed by atoms with E-state index in [1.807, 2.05) is 29.2 Å². The maximum atomic E-state index is 10.2. The van der Waals surface area contributed by atoms with E-state index in [1.54, 1.807) is 7.11 Å². The van der Waals surface area contributed by atoms with E-state index in [0.29, 0.717) is 0 Å². The van der Waals surface area contributed by atoms with Crippen LogP contribution in [0.5, 0.6) is 0 Å². The van der Waals surface area contributed by atoms with Gasteiger partial charge in [0.15, 0.2) is 6.23 Å². The first kappa shape index (κ1) is 9.81. The van der Waals surface area contributed by atoms with Gasteiger partial charge in [-0.25, -0.2) is 4.99 Å². The number of methoxy groups -OCH3 is 1. The SMILES string of the molecule is COC1CCN2C1=Nc1ccccc1C2O. The third-order valence-electron chi connectivity index (χ3n) is 3.24. The molecule has 1 N–H and O–H groups in total. The molecule has 1 fully saturated rings. The number of aliphatic hydroxyl groups is 1. The molecular formula is C12H14N2O2. The van der Waals surface area contributed by atoms with Gasteiger partial charge in [-0.05, 0) is 12.5 Å². The molecule has 1 saturated heterocycles. The van der Waals surface area contributed by atoms with Crippen molar-refractivity contribution >= 4 is 11.5 Å². The smallest absolute Gasteiger partial charge is 0.156 e. The van der Waals surface area contributed by atoms with Crippen LogP contribution in [0.1, 0.15) is 18.2 Å². The number of nitrogens with zero attached hydrogens (tertiary/aromatic N) is 2. The Morgan fingerprint density at radius 1 is 1.44 bits per heavy atom. The Morgan fingerprint density at radius 2 is 2.25 bits per heavy atom. The summed E-state index contributed by atoms with van der Waals surface area (Å²) in [4.78, 5) is 6.48. The first-order chi connectivity index (χ1) is 7.81. The highest BCUT2D eigenvalue weighted by Gasteiger charge is 2.37. The van der Waals surface area contributed by atoms with E-state index in [2.05, 4.69) is 4.99 Å². The van der Waals surface area contributed by atoms with Crippen LogP contribution in [0.3, 0.4) is 0 Å². The lowest BCUT2D eigenvalue weighted by Crippen LogP contribution is -2.36. The molecule has 2 heterocycles. The van der Waals surface area contributed by atoms with Gasteiger partial charge in [-0.2, -0.15) is 0 Å². The molecule has 3 rings (SSSR count). The standard InChI is InChI=1S/C12H14N2O2/c1-16-10-6-7-14-11(10)13-9-5-3-2-4-8(9)12(14)15/h2-5,10,12,15H,6-7H2,1H3. The van der Waals surface area contributed by atoms with E-state index < -0.39 is 6.23 Å². The summed E-state index contributed by atoms with van der Waals surface area (Å²) in [5, 5.41) is 10.2. The van der Waals surface area contributed by atoms with Crippen molar-refractivity contribution in [2.75, 3.05) is 13.7 Å². The highest BCUT2D eigenvalue weighted by atomic mass is 16.5. The van der Waals surface area contributed by atoms with Gasteiger partial charge in [0.05, 0.1) is 5.69 Å². The van der Waals surface area contributed by atoms with Crippen molar-refractivity contribution in [3.8, 4) is 0 Å². The van der Waals surface area contributed by atoms with Gasteiger partial charge in [0.2, 0.25) is 0 Å². The molecule has 2 unspecified atom stereocenters. The molecule has 0 aliphatic carbocycles. The molecule has 0 amide bonds. The highest BCUT2D eigenvalue weighted by molar-refractivity contribution is 5.92. The number of aliphatic hydroxyl groups excluding tert-OH is 1. The summed E-state index contributed by atoms with van der Waals surface area (Å²) >= 11 is 0. The second-order valence-electron chi connectivity index (χ2n) is 4.11. The van der Waals surface area contributed by atoms with Crippen molar-refractivity contribution in [1.82, 2.24) is 4.90 Å². The molecule has 84 valence electrons. The molecule has 0 saturated carbocycles. The van der Waals surface area contributed by atoms with Crippen molar-refractivity contribution < 1.29 is 9.84 Å². The van der Waals surface area contributed by atoms with Crippen LogP contribution in [0.25, 0.3) is 0 Å². The molecule has 0 spiro atoms. The van der Waals surface area contributed by atoms with E-state index >= 15 is 0 Å². The van der Waals surface area contributed by atoms with Gasteiger partial charge in [-0.1, -0.05) is 18.2 Å². The average Bonchev–Trinajstić information content (AvgIpc) is 2.72.